The molecular formula is C15H26O7. The third-order valence-corrected chi connectivity index (χ3v) is 2.17. The molecule has 0 saturated heterocycles. The molecule has 0 N–H and O–H groups in total. The Bertz CT molecular complexity index is 343. The third-order valence-electron chi connectivity index (χ3n) is 2.17. The molecule has 0 aliphatic rings. The summed E-state index contributed by atoms with van der Waals surface area (Å²) >= 11 is 0. The van der Waals surface area contributed by atoms with Gasteiger partial charge in [-0.05, 0) is 27.7 Å². The van der Waals surface area contributed by atoms with Crippen molar-refractivity contribution in [1.82, 2.24) is 0 Å². The zero-order valence-corrected chi connectivity index (χ0v) is 13.7. The zero-order chi connectivity index (χ0) is 17.0. The molecule has 3 unspecified atom stereocenters. The van der Waals surface area contributed by atoms with Gasteiger partial charge in [0.05, 0.1) is 6.61 Å². The van der Waals surface area contributed by atoms with Crippen LogP contribution in [0.2, 0.25) is 0 Å². The molecule has 0 spiro atoms. The van der Waals surface area contributed by atoms with Crippen LogP contribution in [0.4, 0.5) is 0 Å². The Kier molecular flexibility index (Phi) is 11.6. The first-order chi connectivity index (χ1) is 10.4. The summed E-state index contributed by atoms with van der Waals surface area (Å²) in [6.07, 6.45) is -0.128. The van der Waals surface area contributed by atoms with Gasteiger partial charge in [0.15, 0.2) is 18.9 Å². The summed E-state index contributed by atoms with van der Waals surface area (Å²) in [6.45, 7) is 14.2. The molecule has 0 amide bonds. The molecule has 7 heteroatoms. The highest BCUT2D eigenvalue weighted by molar-refractivity contribution is 5.86. The van der Waals surface area contributed by atoms with Gasteiger partial charge < -0.3 is 18.9 Å². The molecule has 0 saturated carbocycles. The molecule has 3 atom stereocenters. The lowest BCUT2D eigenvalue weighted by Crippen LogP contribution is -2.28. The van der Waals surface area contributed by atoms with Gasteiger partial charge in [-0.1, -0.05) is 12.7 Å². The predicted molar refractivity (Wildman–Crippen MR) is 79.5 cm³/mol. The molecule has 0 fully saturated rings. The van der Waals surface area contributed by atoms with Crippen LogP contribution in [0.25, 0.3) is 0 Å². The first-order valence-electron chi connectivity index (χ1n) is 7.01. The van der Waals surface area contributed by atoms with Crippen molar-refractivity contribution in [3.8, 4) is 0 Å². The maximum Gasteiger partial charge on any atom is 0.333 e. The van der Waals surface area contributed by atoms with Crippen molar-refractivity contribution < 1.29 is 33.5 Å². The fourth-order valence-corrected chi connectivity index (χ4v) is 1.29. The van der Waals surface area contributed by atoms with E-state index >= 15 is 0 Å². The number of hydrogen-bond donors (Lipinski definition) is 0. The van der Waals surface area contributed by atoms with Gasteiger partial charge in [0.1, 0.15) is 13.2 Å². The summed E-state index contributed by atoms with van der Waals surface area (Å²) in [7, 11) is 0. The number of ether oxygens (including phenoxy) is 4. The number of carbonyl (C=O) groups excluding carboxylic acids is 1. The van der Waals surface area contributed by atoms with Crippen molar-refractivity contribution in [3.63, 3.8) is 0 Å². The van der Waals surface area contributed by atoms with Crippen molar-refractivity contribution in [2.75, 3.05) is 19.8 Å². The molecule has 0 bridgehead atoms. The number of carbonyl (C=O) groups is 1. The fourth-order valence-electron chi connectivity index (χ4n) is 1.29. The second-order valence-corrected chi connectivity index (χ2v) is 4.43. The SMILES string of the molecule is C=CCOOC(C)OC(C)OC(C)OCCOC(=O)C(=C)C. The second-order valence-electron chi connectivity index (χ2n) is 4.43. The van der Waals surface area contributed by atoms with E-state index in [-0.39, 0.29) is 19.8 Å². The van der Waals surface area contributed by atoms with Gasteiger partial charge in [-0.3, -0.25) is 0 Å². The minimum atomic E-state index is -0.598. The molecule has 0 heterocycles. The Morgan fingerprint density at radius 2 is 1.73 bits per heavy atom. The van der Waals surface area contributed by atoms with Crippen molar-refractivity contribution >= 4 is 5.97 Å². The summed E-state index contributed by atoms with van der Waals surface area (Å²) < 4.78 is 21.0. The van der Waals surface area contributed by atoms with Crippen molar-refractivity contribution in [2.24, 2.45) is 0 Å². The van der Waals surface area contributed by atoms with E-state index in [1.165, 1.54) is 0 Å². The maximum absolute atomic E-state index is 11.1. The van der Waals surface area contributed by atoms with E-state index in [2.05, 4.69) is 13.2 Å². The van der Waals surface area contributed by atoms with Gasteiger partial charge in [-0.15, -0.1) is 6.58 Å². The van der Waals surface area contributed by atoms with E-state index in [9.17, 15) is 4.79 Å². The summed E-state index contributed by atoms with van der Waals surface area (Å²) in [6, 6.07) is 0. The average Bonchev–Trinajstić information content (AvgIpc) is 2.43. The molecular weight excluding hydrogens is 292 g/mol. The van der Waals surface area contributed by atoms with Crippen LogP contribution >= 0.6 is 0 Å². The third kappa shape index (κ3) is 11.4. The van der Waals surface area contributed by atoms with Crippen molar-refractivity contribution in [2.45, 2.75) is 46.6 Å². The van der Waals surface area contributed by atoms with E-state index in [1.807, 2.05) is 0 Å². The predicted octanol–water partition coefficient (Wildman–Crippen LogP) is 2.33. The zero-order valence-electron chi connectivity index (χ0n) is 13.7. The molecule has 7 nitrogen and oxygen atoms in total. The number of rotatable bonds is 13. The molecule has 22 heavy (non-hydrogen) atoms. The van der Waals surface area contributed by atoms with Crippen LogP contribution in [0.5, 0.6) is 0 Å². The normalized spacial score (nSPS) is 14.9. The lowest BCUT2D eigenvalue weighted by molar-refractivity contribution is -0.394. The lowest BCUT2D eigenvalue weighted by atomic mass is 10.4. The van der Waals surface area contributed by atoms with Crippen LogP contribution in [0.1, 0.15) is 27.7 Å². The first kappa shape index (κ1) is 20.8. The van der Waals surface area contributed by atoms with Crippen LogP contribution in [0.15, 0.2) is 24.8 Å². The van der Waals surface area contributed by atoms with Gasteiger partial charge in [-0.2, -0.15) is 0 Å². The monoisotopic (exact) mass is 318 g/mol. The topological polar surface area (TPSA) is 72.5 Å². The highest BCUT2D eigenvalue weighted by atomic mass is 17.2. The molecule has 0 rings (SSSR count). The van der Waals surface area contributed by atoms with Crippen LogP contribution in [0, 0.1) is 0 Å². The Morgan fingerprint density at radius 3 is 2.32 bits per heavy atom. The van der Waals surface area contributed by atoms with Crippen LogP contribution in [-0.4, -0.2) is 44.7 Å². The lowest BCUT2D eigenvalue weighted by Gasteiger charge is -2.22. The molecule has 0 aromatic carbocycles. The summed E-state index contributed by atoms with van der Waals surface area (Å²) in [5, 5.41) is 0. The van der Waals surface area contributed by atoms with Crippen molar-refractivity contribution in [1.29, 1.82) is 0 Å². The van der Waals surface area contributed by atoms with Gasteiger partial charge in [0.25, 0.3) is 0 Å². The van der Waals surface area contributed by atoms with E-state index in [4.69, 9.17) is 28.7 Å². The minimum Gasteiger partial charge on any atom is -0.460 e. The molecule has 0 aromatic heterocycles. The highest BCUT2D eigenvalue weighted by Gasteiger charge is 2.14. The molecule has 0 radical (unpaired) electrons. The molecule has 128 valence electrons. The Balaban J connectivity index is 3.72. The Labute approximate surface area is 131 Å². The largest absolute Gasteiger partial charge is 0.460 e. The van der Waals surface area contributed by atoms with Crippen LogP contribution < -0.4 is 0 Å². The minimum absolute atomic E-state index is 0.129. The standard InChI is InChI=1S/C15H26O7/c1-7-8-19-22-14(6)21-13(5)20-12(4)17-9-10-18-15(16)11(2)3/h7,12-14H,1-2,8-10H2,3-6H3. The number of hydrogen-bond acceptors (Lipinski definition) is 7. The first-order valence-corrected chi connectivity index (χ1v) is 7.01. The second kappa shape index (κ2) is 12.3. The van der Waals surface area contributed by atoms with Crippen LogP contribution in [-0.2, 0) is 33.5 Å². The van der Waals surface area contributed by atoms with Gasteiger partial charge in [-0.25, -0.2) is 14.6 Å². The van der Waals surface area contributed by atoms with Gasteiger partial charge in [0.2, 0.25) is 0 Å². The Morgan fingerprint density at radius 1 is 1.09 bits per heavy atom. The molecule has 0 aliphatic carbocycles. The summed E-state index contributed by atoms with van der Waals surface area (Å²) in [4.78, 5) is 20.8. The smallest absolute Gasteiger partial charge is 0.333 e. The maximum atomic E-state index is 11.1. The van der Waals surface area contributed by atoms with Gasteiger partial charge in [0, 0.05) is 5.57 Å². The van der Waals surface area contributed by atoms with E-state index in [0.717, 1.165) is 0 Å². The Hall–Kier alpha value is -1.25. The van der Waals surface area contributed by atoms with Gasteiger partial charge >= 0.3 is 5.97 Å². The quantitative estimate of drug-likeness (QED) is 0.0981. The van der Waals surface area contributed by atoms with Crippen LogP contribution in [0.3, 0.4) is 0 Å². The van der Waals surface area contributed by atoms with E-state index < -0.39 is 24.8 Å². The van der Waals surface area contributed by atoms with E-state index in [0.29, 0.717) is 5.57 Å². The molecule has 0 aliphatic heterocycles. The molecule has 0 aromatic rings. The fraction of sp³-hybridized carbons (Fsp3) is 0.667. The highest BCUT2D eigenvalue weighted by Crippen LogP contribution is 2.06. The number of esters is 1. The van der Waals surface area contributed by atoms with E-state index in [1.54, 1.807) is 33.8 Å². The summed E-state index contributed by atoms with van der Waals surface area (Å²) in [5.74, 6) is -0.445. The summed E-state index contributed by atoms with van der Waals surface area (Å²) in [5.41, 5.74) is 0.346. The van der Waals surface area contributed by atoms with Crippen molar-refractivity contribution in [3.05, 3.63) is 24.8 Å². The average molecular weight is 318 g/mol.